The maximum absolute atomic E-state index is 5.87. The molecule has 0 amide bonds. The normalized spacial score (nSPS) is 11.5. The first kappa shape index (κ1) is 10.4. The molecule has 0 saturated carbocycles. The van der Waals surface area contributed by atoms with Gasteiger partial charge in [0.2, 0.25) is 0 Å². The van der Waals surface area contributed by atoms with E-state index >= 15 is 0 Å². The number of fused-ring (bicyclic) bond motifs is 1. The van der Waals surface area contributed by atoms with Gasteiger partial charge in [-0.05, 0) is 20.2 Å². The van der Waals surface area contributed by atoms with Gasteiger partial charge < -0.3 is 4.90 Å². The third-order valence-electron chi connectivity index (χ3n) is 2.23. The second kappa shape index (κ2) is 4.16. The van der Waals surface area contributed by atoms with Gasteiger partial charge in [0.05, 0.1) is 0 Å². The summed E-state index contributed by atoms with van der Waals surface area (Å²) in [7, 11) is 4.08. The van der Waals surface area contributed by atoms with E-state index in [0.29, 0.717) is 5.02 Å². The Morgan fingerprint density at radius 2 is 2.20 bits per heavy atom. The van der Waals surface area contributed by atoms with E-state index in [0.717, 1.165) is 24.4 Å². The molecule has 5 heteroatoms. The van der Waals surface area contributed by atoms with E-state index in [1.165, 1.54) is 0 Å². The summed E-state index contributed by atoms with van der Waals surface area (Å²) in [6.45, 7) is 0.962. The standard InChI is InChI=1S/C10H13ClN4/c1-14(2)5-4-9-12-13-10-7-8(11)3-6-15(9)10/h3,6-7H,4-5H2,1-2H3. The van der Waals surface area contributed by atoms with Crippen molar-refractivity contribution in [3.8, 4) is 0 Å². The highest BCUT2D eigenvalue weighted by Crippen LogP contribution is 2.11. The van der Waals surface area contributed by atoms with Gasteiger partial charge in [-0.25, -0.2) is 0 Å². The minimum absolute atomic E-state index is 0.689. The highest BCUT2D eigenvalue weighted by molar-refractivity contribution is 6.30. The summed E-state index contributed by atoms with van der Waals surface area (Å²) in [6, 6.07) is 3.66. The third-order valence-corrected chi connectivity index (χ3v) is 2.46. The highest BCUT2D eigenvalue weighted by Gasteiger charge is 2.05. The van der Waals surface area contributed by atoms with Crippen molar-refractivity contribution in [2.24, 2.45) is 0 Å². The molecule has 0 atom stereocenters. The lowest BCUT2D eigenvalue weighted by Gasteiger charge is -2.07. The van der Waals surface area contributed by atoms with Gasteiger partial charge in [0, 0.05) is 30.3 Å². The van der Waals surface area contributed by atoms with Crippen molar-refractivity contribution in [1.29, 1.82) is 0 Å². The SMILES string of the molecule is CN(C)CCc1nnc2cc(Cl)ccn12. The quantitative estimate of drug-likeness (QED) is 0.792. The highest BCUT2D eigenvalue weighted by atomic mass is 35.5. The summed E-state index contributed by atoms with van der Waals surface area (Å²) < 4.78 is 1.97. The Labute approximate surface area is 93.5 Å². The number of rotatable bonds is 3. The van der Waals surface area contributed by atoms with Crippen molar-refractivity contribution in [2.45, 2.75) is 6.42 Å². The Hall–Kier alpha value is -1.13. The average Bonchev–Trinajstić information content (AvgIpc) is 2.57. The zero-order chi connectivity index (χ0) is 10.8. The van der Waals surface area contributed by atoms with Crippen LogP contribution in [0.4, 0.5) is 0 Å². The van der Waals surface area contributed by atoms with Crippen LogP contribution < -0.4 is 0 Å². The Balaban J connectivity index is 2.29. The van der Waals surface area contributed by atoms with Crippen molar-refractivity contribution in [2.75, 3.05) is 20.6 Å². The van der Waals surface area contributed by atoms with Gasteiger partial charge in [-0.2, -0.15) is 0 Å². The van der Waals surface area contributed by atoms with Gasteiger partial charge in [0.1, 0.15) is 5.82 Å². The Kier molecular flexibility index (Phi) is 2.88. The zero-order valence-electron chi connectivity index (χ0n) is 8.81. The third kappa shape index (κ3) is 2.27. The van der Waals surface area contributed by atoms with Gasteiger partial charge in [0.15, 0.2) is 5.65 Å². The Morgan fingerprint density at radius 1 is 1.40 bits per heavy atom. The minimum atomic E-state index is 0.689. The summed E-state index contributed by atoms with van der Waals surface area (Å²) in [4.78, 5) is 2.12. The average molecular weight is 225 g/mol. The van der Waals surface area contributed by atoms with Crippen molar-refractivity contribution in [3.63, 3.8) is 0 Å². The number of halogens is 1. The molecule has 0 aromatic carbocycles. The van der Waals surface area contributed by atoms with Crippen molar-refractivity contribution in [1.82, 2.24) is 19.5 Å². The molecular formula is C10H13ClN4. The van der Waals surface area contributed by atoms with Gasteiger partial charge >= 0.3 is 0 Å². The molecule has 2 heterocycles. The van der Waals surface area contributed by atoms with E-state index in [-0.39, 0.29) is 0 Å². The van der Waals surface area contributed by atoms with E-state index < -0.39 is 0 Å². The van der Waals surface area contributed by atoms with E-state index in [1.54, 1.807) is 0 Å². The first-order chi connectivity index (χ1) is 7.16. The van der Waals surface area contributed by atoms with Crippen molar-refractivity contribution >= 4 is 17.2 Å². The molecule has 0 spiro atoms. The largest absolute Gasteiger partial charge is 0.309 e. The Morgan fingerprint density at radius 3 is 2.93 bits per heavy atom. The van der Waals surface area contributed by atoms with Gasteiger partial charge in [0.25, 0.3) is 0 Å². The van der Waals surface area contributed by atoms with Crippen LogP contribution in [0.25, 0.3) is 5.65 Å². The lowest BCUT2D eigenvalue weighted by atomic mass is 10.4. The second-order valence-corrected chi connectivity index (χ2v) is 4.18. The van der Waals surface area contributed by atoms with Crippen LogP contribution in [0, 0.1) is 0 Å². The fourth-order valence-electron chi connectivity index (χ4n) is 1.41. The van der Waals surface area contributed by atoms with Crippen molar-refractivity contribution < 1.29 is 0 Å². The molecule has 0 fully saturated rings. The number of aromatic nitrogens is 3. The number of hydrogen-bond donors (Lipinski definition) is 0. The fraction of sp³-hybridized carbons (Fsp3) is 0.400. The molecule has 80 valence electrons. The molecule has 0 aliphatic rings. The topological polar surface area (TPSA) is 33.4 Å². The van der Waals surface area contributed by atoms with Crippen LogP contribution in [-0.4, -0.2) is 40.1 Å². The lowest BCUT2D eigenvalue weighted by Crippen LogP contribution is -2.16. The summed E-state index contributed by atoms with van der Waals surface area (Å²) in [5.74, 6) is 0.968. The molecule has 0 aliphatic carbocycles. The summed E-state index contributed by atoms with van der Waals surface area (Å²) in [6.07, 6.45) is 2.79. The maximum atomic E-state index is 5.87. The molecule has 0 radical (unpaired) electrons. The number of pyridine rings is 1. The second-order valence-electron chi connectivity index (χ2n) is 3.74. The maximum Gasteiger partial charge on any atom is 0.162 e. The monoisotopic (exact) mass is 224 g/mol. The number of hydrogen-bond acceptors (Lipinski definition) is 3. The molecule has 0 bridgehead atoms. The fourth-order valence-corrected chi connectivity index (χ4v) is 1.56. The molecular weight excluding hydrogens is 212 g/mol. The first-order valence-corrected chi connectivity index (χ1v) is 5.18. The lowest BCUT2D eigenvalue weighted by molar-refractivity contribution is 0.409. The van der Waals surface area contributed by atoms with Gasteiger partial charge in [-0.15, -0.1) is 10.2 Å². The van der Waals surface area contributed by atoms with Crippen LogP contribution in [0.1, 0.15) is 5.82 Å². The Bertz CT molecular complexity index is 463. The van der Waals surface area contributed by atoms with Gasteiger partial charge in [-0.1, -0.05) is 11.6 Å². The smallest absolute Gasteiger partial charge is 0.162 e. The summed E-state index contributed by atoms with van der Waals surface area (Å²) >= 11 is 5.87. The van der Waals surface area contributed by atoms with E-state index in [9.17, 15) is 0 Å². The van der Waals surface area contributed by atoms with Crippen LogP contribution in [-0.2, 0) is 6.42 Å². The molecule has 4 nitrogen and oxygen atoms in total. The minimum Gasteiger partial charge on any atom is -0.309 e. The van der Waals surface area contributed by atoms with Gasteiger partial charge in [-0.3, -0.25) is 4.40 Å². The van der Waals surface area contributed by atoms with Crippen LogP contribution in [0.2, 0.25) is 5.02 Å². The first-order valence-electron chi connectivity index (χ1n) is 4.81. The zero-order valence-corrected chi connectivity index (χ0v) is 9.57. The molecule has 0 aliphatic heterocycles. The molecule has 2 aromatic rings. The summed E-state index contributed by atoms with van der Waals surface area (Å²) in [5.41, 5.74) is 0.802. The molecule has 0 saturated heterocycles. The molecule has 2 rings (SSSR count). The summed E-state index contributed by atoms with van der Waals surface area (Å²) in [5, 5.41) is 8.89. The van der Waals surface area contributed by atoms with E-state index in [2.05, 4.69) is 15.1 Å². The van der Waals surface area contributed by atoms with Crippen LogP contribution in [0.5, 0.6) is 0 Å². The predicted octanol–water partition coefficient (Wildman–Crippen LogP) is 1.49. The molecule has 0 N–H and O–H groups in total. The molecule has 15 heavy (non-hydrogen) atoms. The van der Waals surface area contributed by atoms with E-state index in [1.807, 2.05) is 36.8 Å². The van der Waals surface area contributed by atoms with Crippen LogP contribution >= 0.6 is 11.6 Å². The van der Waals surface area contributed by atoms with E-state index in [4.69, 9.17) is 11.6 Å². The van der Waals surface area contributed by atoms with Crippen LogP contribution in [0.3, 0.4) is 0 Å². The molecule has 2 aromatic heterocycles. The number of nitrogens with zero attached hydrogens (tertiary/aromatic N) is 4. The van der Waals surface area contributed by atoms with Crippen molar-refractivity contribution in [3.05, 3.63) is 29.2 Å². The van der Waals surface area contributed by atoms with Crippen LogP contribution in [0.15, 0.2) is 18.3 Å². The molecule has 0 unspecified atom stereocenters. The number of likely N-dealkylation sites (N-methyl/N-ethyl adjacent to an activating group) is 1. The predicted molar refractivity (Wildman–Crippen MR) is 60.3 cm³/mol.